The highest BCUT2D eigenvalue weighted by atomic mass is 16.5. The average Bonchev–Trinajstić information content (AvgIpc) is 2.73. The number of ketones is 1. The number of fused-ring (bicyclic) bond motifs is 1. The summed E-state index contributed by atoms with van der Waals surface area (Å²) in [4.78, 5) is 13.2. The summed E-state index contributed by atoms with van der Waals surface area (Å²) >= 11 is 0. The Labute approximate surface area is 166 Å². The van der Waals surface area contributed by atoms with Gasteiger partial charge in [0.05, 0.1) is 12.7 Å². The van der Waals surface area contributed by atoms with Gasteiger partial charge >= 0.3 is 0 Å². The van der Waals surface area contributed by atoms with Crippen molar-refractivity contribution >= 4 is 11.9 Å². The van der Waals surface area contributed by atoms with Crippen LogP contribution in [0.2, 0.25) is 0 Å². The molecule has 3 aromatic rings. The maximum atomic E-state index is 13.2. The zero-order valence-electron chi connectivity index (χ0n) is 15.5. The zero-order chi connectivity index (χ0) is 20.5. The lowest BCUT2D eigenvalue weighted by Gasteiger charge is -2.28. The van der Waals surface area contributed by atoms with Gasteiger partial charge in [-0.2, -0.15) is 0 Å². The van der Waals surface area contributed by atoms with Crippen LogP contribution in [0.15, 0.2) is 66.2 Å². The molecule has 3 aromatic carbocycles. The fourth-order valence-electron chi connectivity index (χ4n) is 3.24. The molecule has 146 valence electrons. The first-order chi connectivity index (χ1) is 14.0. The minimum absolute atomic E-state index is 0.0368. The van der Waals surface area contributed by atoms with Gasteiger partial charge in [0.1, 0.15) is 17.2 Å². The van der Waals surface area contributed by atoms with E-state index in [1.807, 2.05) is 12.1 Å². The number of Topliss-reactive ketones (excluding diaryl/α,β-unsaturated/α-hetero) is 1. The molecule has 0 amide bonds. The summed E-state index contributed by atoms with van der Waals surface area (Å²) < 4.78 is 11.2. The monoisotopic (exact) mass is 390 g/mol. The highest BCUT2D eigenvalue weighted by molar-refractivity contribution is 6.14. The molecule has 0 radical (unpaired) electrons. The number of aromatic hydroxyl groups is 3. The molecule has 1 aliphatic heterocycles. The average molecular weight is 390 g/mol. The van der Waals surface area contributed by atoms with Crippen molar-refractivity contribution in [2.45, 2.75) is 6.10 Å². The Balaban J connectivity index is 1.85. The maximum Gasteiger partial charge on any atom is 0.196 e. The third-order valence-corrected chi connectivity index (χ3v) is 4.74. The lowest BCUT2D eigenvalue weighted by molar-refractivity contribution is 0.0962. The number of rotatable bonds is 3. The zero-order valence-corrected chi connectivity index (χ0v) is 15.5. The van der Waals surface area contributed by atoms with E-state index in [4.69, 9.17) is 9.47 Å². The normalized spacial score (nSPS) is 16.9. The molecule has 1 aliphatic rings. The SMILES string of the molecule is COc1ccc(C=C2C(=O)c3cc(O)ccc3OC2c2ccc(O)c(O)c2)cc1. The minimum atomic E-state index is -0.798. The number of phenols is 3. The summed E-state index contributed by atoms with van der Waals surface area (Å²) in [6.45, 7) is 0. The van der Waals surface area contributed by atoms with Crippen LogP contribution in [-0.4, -0.2) is 28.2 Å². The largest absolute Gasteiger partial charge is 0.508 e. The van der Waals surface area contributed by atoms with Crippen molar-refractivity contribution < 1.29 is 29.6 Å². The Kier molecular flexibility index (Phi) is 4.60. The van der Waals surface area contributed by atoms with E-state index in [9.17, 15) is 20.1 Å². The van der Waals surface area contributed by atoms with Gasteiger partial charge in [-0.25, -0.2) is 0 Å². The molecule has 1 atom stereocenters. The highest BCUT2D eigenvalue weighted by Crippen LogP contribution is 2.42. The summed E-state index contributed by atoms with van der Waals surface area (Å²) in [5.41, 5.74) is 1.85. The fourth-order valence-corrected chi connectivity index (χ4v) is 3.24. The number of phenolic OH excluding ortho intramolecular Hbond substituents is 3. The van der Waals surface area contributed by atoms with Crippen molar-refractivity contribution in [1.82, 2.24) is 0 Å². The molecule has 1 heterocycles. The topological polar surface area (TPSA) is 96.2 Å². The second-order valence-corrected chi connectivity index (χ2v) is 6.63. The number of methoxy groups -OCH3 is 1. The van der Waals surface area contributed by atoms with Crippen molar-refractivity contribution in [2.75, 3.05) is 7.11 Å². The Bertz CT molecular complexity index is 1110. The van der Waals surface area contributed by atoms with Crippen LogP contribution in [0.5, 0.6) is 28.7 Å². The second-order valence-electron chi connectivity index (χ2n) is 6.63. The first-order valence-electron chi connectivity index (χ1n) is 8.88. The number of benzene rings is 3. The van der Waals surface area contributed by atoms with E-state index in [-0.39, 0.29) is 28.6 Å². The summed E-state index contributed by atoms with van der Waals surface area (Å²) in [6, 6.07) is 15.8. The maximum absolute atomic E-state index is 13.2. The lowest BCUT2D eigenvalue weighted by Crippen LogP contribution is -2.23. The number of carbonyl (C=O) groups excluding carboxylic acids is 1. The van der Waals surface area contributed by atoms with E-state index in [1.165, 1.54) is 30.3 Å². The lowest BCUT2D eigenvalue weighted by atomic mass is 9.89. The molecule has 0 saturated heterocycles. The second kappa shape index (κ2) is 7.24. The standard InChI is InChI=1S/C23H18O6/c1-28-16-6-2-13(3-7-16)10-18-22(27)17-12-15(24)5-9-21(17)29-23(18)14-4-8-19(25)20(26)11-14/h2-12,23-26H,1H3. The van der Waals surface area contributed by atoms with Crippen molar-refractivity contribution in [1.29, 1.82) is 0 Å². The highest BCUT2D eigenvalue weighted by Gasteiger charge is 2.33. The van der Waals surface area contributed by atoms with E-state index < -0.39 is 6.10 Å². The van der Waals surface area contributed by atoms with Gasteiger partial charge in [-0.15, -0.1) is 0 Å². The van der Waals surface area contributed by atoms with Crippen molar-refractivity contribution in [3.8, 4) is 28.7 Å². The van der Waals surface area contributed by atoms with Crippen LogP contribution in [0.25, 0.3) is 6.08 Å². The van der Waals surface area contributed by atoms with Crippen LogP contribution in [-0.2, 0) is 0 Å². The minimum Gasteiger partial charge on any atom is -0.508 e. The van der Waals surface area contributed by atoms with Crippen LogP contribution < -0.4 is 9.47 Å². The molecule has 4 rings (SSSR count). The summed E-state index contributed by atoms with van der Waals surface area (Å²) in [5.74, 6) is 0.118. The summed E-state index contributed by atoms with van der Waals surface area (Å²) in [6.07, 6.45) is 0.900. The molecule has 0 spiro atoms. The third-order valence-electron chi connectivity index (χ3n) is 4.74. The molecular weight excluding hydrogens is 372 g/mol. The van der Waals surface area contributed by atoms with Gasteiger partial charge in [0, 0.05) is 11.1 Å². The molecule has 0 saturated carbocycles. The van der Waals surface area contributed by atoms with Crippen LogP contribution in [0.1, 0.15) is 27.6 Å². The van der Waals surface area contributed by atoms with Gasteiger partial charge in [0.25, 0.3) is 0 Å². The fraction of sp³-hybridized carbons (Fsp3) is 0.0870. The summed E-state index contributed by atoms with van der Waals surface area (Å²) in [7, 11) is 1.57. The molecule has 6 nitrogen and oxygen atoms in total. The molecule has 0 aromatic heterocycles. The molecule has 0 aliphatic carbocycles. The Morgan fingerprint density at radius 2 is 1.69 bits per heavy atom. The van der Waals surface area contributed by atoms with E-state index in [1.54, 1.807) is 31.4 Å². The smallest absolute Gasteiger partial charge is 0.196 e. The van der Waals surface area contributed by atoms with Crippen LogP contribution in [0, 0.1) is 0 Å². The van der Waals surface area contributed by atoms with Gasteiger partial charge in [-0.05, 0) is 54.1 Å². The van der Waals surface area contributed by atoms with Gasteiger partial charge in [-0.3, -0.25) is 4.79 Å². The molecule has 29 heavy (non-hydrogen) atoms. The molecule has 6 heteroatoms. The van der Waals surface area contributed by atoms with Crippen molar-refractivity contribution in [2.24, 2.45) is 0 Å². The van der Waals surface area contributed by atoms with E-state index in [2.05, 4.69) is 0 Å². The molecule has 1 unspecified atom stereocenters. The number of hydrogen-bond donors (Lipinski definition) is 3. The first-order valence-corrected chi connectivity index (χ1v) is 8.88. The molecular formula is C23H18O6. The quantitative estimate of drug-likeness (QED) is 0.458. The molecule has 0 bridgehead atoms. The van der Waals surface area contributed by atoms with Crippen molar-refractivity contribution in [3.05, 3.63) is 82.9 Å². The van der Waals surface area contributed by atoms with Gasteiger partial charge in [0.15, 0.2) is 23.4 Å². The number of hydrogen-bond acceptors (Lipinski definition) is 6. The Hall–Kier alpha value is -3.93. The van der Waals surface area contributed by atoms with Crippen LogP contribution >= 0.6 is 0 Å². The summed E-state index contributed by atoms with van der Waals surface area (Å²) in [5, 5.41) is 29.3. The van der Waals surface area contributed by atoms with Crippen molar-refractivity contribution in [3.63, 3.8) is 0 Å². The predicted octanol–water partition coefficient (Wildman–Crippen LogP) is 4.21. The molecule has 0 fully saturated rings. The van der Waals surface area contributed by atoms with E-state index in [0.29, 0.717) is 22.6 Å². The Morgan fingerprint density at radius 3 is 2.38 bits per heavy atom. The van der Waals surface area contributed by atoms with E-state index >= 15 is 0 Å². The van der Waals surface area contributed by atoms with Gasteiger partial charge in [-0.1, -0.05) is 18.2 Å². The third kappa shape index (κ3) is 3.48. The van der Waals surface area contributed by atoms with E-state index in [0.717, 1.165) is 5.56 Å². The van der Waals surface area contributed by atoms with Gasteiger partial charge < -0.3 is 24.8 Å². The molecule has 3 N–H and O–H groups in total. The predicted molar refractivity (Wildman–Crippen MR) is 107 cm³/mol. The van der Waals surface area contributed by atoms with Gasteiger partial charge in [0.2, 0.25) is 0 Å². The van der Waals surface area contributed by atoms with Crippen LogP contribution in [0.4, 0.5) is 0 Å². The number of ether oxygens (including phenoxy) is 2. The van der Waals surface area contributed by atoms with Crippen LogP contribution in [0.3, 0.4) is 0 Å². The number of carbonyl (C=O) groups is 1. The first kappa shape index (κ1) is 18.4. The Morgan fingerprint density at radius 1 is 0.931 bits per heavy atom.